The molecule has 128 valence electrons. The van der Waals surface area contributed by atoms with Crippen molar-refractivity contribution < 1.29 is 17.9 Å². The van der Waals surface area contributed by atoms with Gasteiger partial charge in [-0.1, -0.05) is 6.42 Å². The van der Waals surface area contributed by atoms with Crippen LogP contribution in [-0.4, -0.2) is 82.3 Å². The minimum atomic E-state index is -3.25. The molecule has 0 unspecified atom stereocenters. The van der Waals surface area contributed by atoms with Crippen LogP contribution >= 0.6 is 0 Å². The maximum Gasteiger partial charge on any atom is 0.223 e. The average Bonchev–Trinajstić information content (AvgIpc) is 2.40. The van der Waals surface area contributed by atoms with Crippen LogP contribution in [0.15, 0.2) is 0 Å². The number of morpholine rings is 1. The number of nitrogens with one attached hydrogen (secondary N) is 1. The molecular formula is C14H27N3O4S. The molecule has 1 saturated carbocycles. The Hall–Kier alpha value is -0.700. The van der Waals surface area contributed by atoms with Crippen molar-refractivity contribution in [3.63, 3.8) is 0 Å². The van der Waals surface area contributed by atoms with Gasteiger partial charge in [0, 0.05) is 45.2 Å². The first kappa shape index (κ1) is 17.7. The highest BCUT2D eigenvalue weighted by Crippen LogP contribution is 2.25. The molecule has 0 aromatic carbocycles. The molecule has 22 heavy (non-hydrogen) atoms. The molecule has 1 aliphatic carbocycles. The van der Waals surface area contributed by atoms with Crippen LogP contribution in [0.2, 0.25) is 0 Å². The van der Waals surface area contributed by atoms with E-state index >= 15 is 0 Å². The Morgan fingerprint density at radius 3 is 2.50 bits per heavy atom. The van der Waals surface area contributed by atoms with Gasteiger partial charge in [0.05, 0.1) is 19.5 Å². The van der Waals surface area contributed by atoms with Crippen molar-refractivity contribution >= 4 is 15.9 Å². The number of carbonyl (C=O) groups is 1. The molecule has 1 aliphatic heterocycles. The zero-order valence-corrected chi connectivity index (χ0v) is 14.1. The smallest absolute Gasteiger partial charge is 0.223 e. The lowest BCUT2D eigenvalue weighted by Gasteiger charge is -2.29. The van der Waals surface area contributed by atoms with Gasteiger partial charge < -0.3 is 10.1 Å². The summed E-state index contributed by atoms with van der Waals surface area (Å²) >= 11 is 0. The zero-order valence-electron chi connectivity index (χ0n) is 13.3. The lowest BCUT2D eigenvalue weighted by Crippen LogP contribution is -2.45. The summed E-state index contributed by atoms with van der Waals surface area (Å²) in [6, 6.07) is 0. The van der Waals surface area contributed by atoms with Gasteiger partial charge in [-0.3, -0.25) is 9.69 Å². The minimum absolute atomic E-state index is 0.0629. The fourth-order valence-electron chi connectivity index (χ4n) is 2.64. The van der Waals surface area contributed by atoms with Crippen LogP contribution in [0.1, 0.15) is 19.3 Å². The molecule has 0 aromatic rings. The third-order valence-electron chi connectivity index (χ3n) is 4.37. The highest BCUT2D eigenvalue weighted by atomic mass is 32.2. The number of ether oxygens (including phenoxy) is 1. The highest BCUT2D eigenvalue weighted by Gasteiger charge is 2.25. The van der Waals surface area contributed by atoms with Crippen LogP contribution in [0, 0.1) is 5.92 Å². The second-order valence-corrected chi connectivity index (χ2v) is 8.02. The van der Waals surface area contributed by atoms with Crippen LogP contribution in [0.25, 0.3) is 0 Å². The van der Waals surface area contributed by atoms with Gasteiger partial charge in [0.1, 0.15) is 0 Å². The van der Waals surface area contributed by atoms with Crippen molar-refractivity contribution in [2.75, 3.05) is 58.7 Å². The van der Waals surface area contributed by atoms with Crippen LogP contribution in [0.5, 0.6) is 0 Å². The van der Waals surface area contributed by atoms with Gasteiger partial charge >= 0.3 is 0 Å². The SMILES string of the molecule is CS(=O)(=O)N(CCNC(=O)C1CCC1)CCN1CCOCC1. The fraction of sp³-hybridized carbons (Fsp3) is 0.929. The molecule has 1 amide bonds. The van der Waals surface area contributed by atoms with Gasteiger partial charge in [-0.25, -0.2) is 8.42 Å². The molecule has 1 saturated heterocycles. The van der Waals surface area contributed by atoms with Crippen LogP contribution in [-0.2, 0) is 19.6 Å². The van der Waals surface area contributed by atoms with Crippen LogP contribution in [0.4, 0.5) is 0 Å². The van der Waals surface area contributed by atoms with Gasteiger partial charge in [-0.15, -0.1) is 0 Å². The first-order valence-corrected chi connectivity index (χ1v) is 9.84. The Morgan fingerprint density at radius 2 is 1.95 bits per heavy atom. The van der Waals surface area contributed by atoms with Gasteiger partial charge in [-0.05, 0) is 12.8 Å². The third-order valence-corrected chi connectivity index (χ3v) is 5.68. The van der Waals surface area contributed by atoms with Gasteiger partial charge in [-0.2, -0.15) is 4.31 Å². The molecule has 2 fully saturated rings. The van der Waals surface area contributed by atoms with E-state index in [1.165, 1.54) is 10.6 Å². The van der Waals surface area contributed by atoms with E-state index in [1.807, 2.05) is 0 Å². The number of hydrogen-bond acceptors (Lipinski definition) is 5. The summed E-state index contributed by atoms with van der Waals surface area (Å²) in [5.41, 5.74) is 0. The summed E-state index contributed by atoms with van der Waals surface area (Å²) in [7, 11) is -3.25. The van der Waals surface area contributed by atoms with Crippen molar-refractivity contribution in [3.8, 4) is 0 Å². The summed E-state index contributed by atoms with van der Waals surface area (Å²) in [6.07, 6.45) is 4.25. The molecular weight excluding hydrogens is 306 g/mol. The second-order valence-electron chi connectivity index (χ2n) is 6.03. The lowest BCUT2D eigenvalue weighted by molar-refractivity contribution is -0.127. The Balaban J connectivity index is 1.72. The summed E-state index contributed by atoms with van der Waals surface area (Å²) < 4.78 is 30.4. The molecule has 2 aliphatic rings. The summed E-state index contributed by atoms with van der Waals surface area (Å²) in [4.78, 5) is 14.0. The monoisotopic (exact) mass is 333 g/mol. The van der Waals surface area contributed by atoms with Gasteiger partial charge in [0.2, 0.25) is 15.9 Å². The topological polar surface area (TPSA) is 79.0 Å². The molecule has 7 nitrogen and oxygen atoms in total. The van der Waals surface area contributed by atoms with E-state index in [0.29, 0.717) is 39.4 Å². The first-order chi connectivity index (χ1) is 10.5. The molecule has 8 heteroatoms. The number of nitrogens with zero attached hydrogens (tertiary/aromatic N) is 2. The fourth-order valence-corrected chi connectivity index (χ4v) is 3.48. The maximum absolute atomic E-state index is 11.9. The van der Waals surface area contributed by atoms with Crippen molar-refractivity contribution in [3.05, 3.63) is 0 Å². The highest BCUT2D eigenvalue weighted by molar-refractivity contribution is 7.88. The number of rotatable bonds is 8. The van der Waals surface area contributed by atoms with Crippen molar-refractivity contribution in [2.24, 2.45) is 5.92 Å². The van der Waals surface area contributed by atoms with E-state index in [4.69, 9.17) is 4.74 Å². The number of amides is 1. The predicted octanol–water partition coefficient (Wildman–Crippen LogP) is -0.503. The van der Waals surface area contributed by atoms with Gasteiger partial charge in [0.25, 0.3) is 0 Å². The standard InChI is InChI=1S/C14H27N3O4S/c1-22(19,20)17(8-7-16-9-11-21-12-10-16)6-5-15-14(18)13-3-2-4-13/h13H,2-12H2,1H3,(H,15,18). The number of sulfonamides is 1. The van der Waals surface area contributed by atoms with Crippen LogP contribution < -0.4 is 5.32 Å². The Bertz CT molecular complexity index is 459. The normalized spacial score (nSPS) is 20.8. The quantitative estimate of drug-likeness (QED) is 0.648. The van der Waals surface area contributed by atoms with E-state index in [2.05, 4.69) is 10.2 Å². The summed E-state index contributed by atoms with van der Waals surface area (Å²) in [5, 5.41) is 2.85. The Kier molecular flexibility index (Phi) is 6.61. The molecule has 0 spiro atoms. The lowest BCUT2D eigenvalue weighted by atomic mass is 9.85. The maximum atomic E-state index is 11.9. The molecule has 2 rings (SSSR count). The first-order valence-electron chi connectivity index (χ1n) is 8.00. The molecule has 1 N–H and O–H groups in total. The molecule has 0 atom stereocenters. The number of hydrogen-bond donors (Lipinski definition) is 1. The second kappa shape index (κ2) is 8.24. The Morgan fingerprint density at radius 1 is 1.27 bits per heavy atom. The van der Waals surface area contributed by atoms with E-state index in [0.717, 1.165) is 32.4 Å². The zero-order chi connectivity index (χ0) is 16.0. The Labute approximate surface area is 133 Å². The van der Waals surface area contributed by atoms with E-state index in [-0.39, 0.29) is 11.8 Å². The summed E-state index contributed by atoms with van der Waals surface area (Å²) in [6.45, 7) is 4.97. The largest absolute Gasteiger partial charge is 0.379 e. The molecule has 0 radical (unpaired) electrons. The van der Waals surface area contributed by atoms with Crippen molar-refractivity contribution in [1.82, 2.24) is 14.5 Å². The average molecular weight is 333 g/mol. The van der Waals surface area contributed by atoms with E-state index in [9.17, 15) is 13.2 Å². The molecule has 0 aromatic heterocycles. The van der Waals surface area contributed by atoms with E-state index < -0.39 is 10.0 Å². The predicted molar refractivity (Wildman–Crippen MR) is 84.0 cm³/mol. The molecule has 0 bridgehead atoms. The van der Waals surface area contributed by atoms with Crippen molar-refractivity contribution in [2.45, 2.75) is 19.3 Å². The van der Waals surface area contributed by atoms with Gasteiger partial charge in [0.15, 0.2) is 0 Å². The van der Waals surface area contributed by atoms with E-state index in [1.54, 1.807) is 0 Å². The van der Waals surface area contributed by atoms with Crippen LogP contribution in [0.3, 0.4) is 0 Å². The molecule has 1 heterocycles. The third kappa shape index (κ3) is 5.49. The van der Waals surface area contributed by atoms with Crippen molar-refractivity contribution in [1.29, 1.82) is 0 Å². The minimum Gasteiger partial charge on any atom is -0.379 e. The number of carbonyl (C=O) groups excluding carboxylic acids is 1. The summed E-state index contributed by atoms with van der Waals surface area (Å²) in [5.74, 6) is 0.202.